The SMILES string of the molecule is NC(=O)C1CC(=O)N(C2CCN(c3ncc(Br)cn3)CC2)C1. The van der Waals surface area contributed by atoms with Crippen LogP contribution in [-0.2, 0) is 9.59 Å². The Morgan fingerprint density at radius 1 is 1.27 bits per heavy atom. The normalized spacial score (nSPS) is 23.1. The molecule has 2 aliphatic rings. The summed E-state index contributed by atoms with van der Waals surface area (Å²) in [7, 11) is 0. The molecule has 2 fully saturated rings. The Labute approximate surface area is 137 Å². The number of amides is 2. The number of rotatable bonds is 3. The Morgan fingerprint density at radius 3 is 2.45 bits per heavy atom. The fraction of sp³-hybridized carbons (Fsp3) is 0.571. The number of nitrogens with zero attached hydrogens (tertiary/aromatic N) is 4. The van der Waals surface area contributed by atoms with Crippen LogP contribution in [0.1, 0.15) is 19.3 Å². The van der Waals surface area contributed by atoms with Crippen LogP contribution in [0.3, 0.4) is 0 Å². The molecule has 0 saturated carbocycles. The Hall–Kier alpha value is -1.70. The zero-order chi connectivity index (χ0) is 15.7. The van der Waals surface area contributed by atoms with Gasteiger partial charge in [-0.1, -0.05) is 0 Å². The van der Waals surface area contributed by atoms with Gasteiger partial charge in [0.1, 0.15) is 0 Å². The van der Waals surface area contributed by atoms with Gasteiger partial charge >= 0.3 is 0 Å². The molecule has 1 atom stereocenters. The molecule has 118 valence electrons. The molecule has 2 aliphatic heterocycles. The van der Waals surface area contributed by atoms with Gasteiger partial charge in [-0.05, 0) is 28.8 Å². The van der Waals surface area contributed by atoms with Crippen LogP contribution in [0, 0.1) is 5.92 Å². The predicted octanol–water partition coefficient (Wildman–Crippen LogP) is 0.542. The zero-order valence-corrected chi connectivity index (χ0v) is 13.7. The highest BCUT2D eigenvalue weighted by molar-refractivity contribution is 9.10. The summed E-state index contributed by atoms with van der Waals surface area (Å²) in [5, 5.41) is 0. The average molecular weight is 368 g/mol. The van der Waals surface area contributed by atoms with E-state index < -0.39 is 0 Å². The zero-order valence-electron chi connectivity index (χ0n) is 12.1. The number of carbonyl (C=O) groups excluding carboxylic acids is 2. The lowest BCUT2D eigenvalue weighted by atomic mass is 10.0. The number of piperidine rings is 1. The first kappa shape index (κ1) is 15.2. The molecule has 3 heterocycles. The first-order chi connectivity index (χ1) is 10.5. The lowest BCUT2D eigenvalue weighted by molar-refractivity contribution is -0.130. The largest absolute Gasteiger partial charge is 0.369 e. The third-order valence-electron chi connectivity index (χ3n) is 4.36. The van der Waals surface area contributed by atoms with Crippen molar-refractivity contribution in [2.75, 3.05) is 24.5 Å². The van der Waals surface area contributed by atoms with Crippen LogP contribution >= 0.6 is 15.9 Å². The number of carbonyl (C=O) groups is 2. The van der Waals surface area contributed by atoms with E-state index in [4.69, 9.17) is 5.73 Å². The van der Waals surface area contributed by atoms with Crippen LogP contribution in [0.4, 0.5) is 5.95 Å². The van der Waals surface area contributed by atoms with Crippen LogP contribution in [0.5, 0.6) is 0 Å². The third-order valence-corrected chi connectivity index (χ3v) is 4.77. The molecule has 0 radical (unpaired) electrons. The minimum absolute atomic E-state index is 0.0436. The highest BCUT2D eigenvalue weighted by Gasteiger charge is 2.38. The topological polar surface area (TPSA) is 92.4 Å². The van der Waals surface area contributed by atoms with E-state index in [-0.39, 0.29) is 30.2 Å². The fourth-order valence-electron chi connectivity index (χ4n) is 3.12. The monoisotopic (exact) mass is 367 g/mol. The van der Waals surface area contributed by atoms with E-state index in [9.17, 15) is 9.59 Å². The number of hydrogen-bond donors (Lipinski definition) is 1. The van der Waals surface area contributed by atoms with Crippen LogP contribution in [0.15, 0.2) is 16.9 Å². The molecule has 2 saturated heterocycles. The van der Waals surface area contributed by atoms with Crippen molar-refractivity contribution in [1.29, 1.82) is 0 Å². The highest BCUT2D eigenvalue weighted by atomic mass is 79.9. The van der Waals surface area contributed by atoms with E-state index in [0.717, 1.165) is 30.4 Å². The number of aromatic nitrogens is 2. The molecule has 8 heteroatoms. The highest BCUT2D eigenvalue weighted by Crippen LogP contribution is 2.26. The molecular formula is C14H18BrN5O2. The molecule has 7 nitrogen and oxygen atoms in total. The summed E-state index contributed by atoms with van der Waals surface area (Å²) in [5.41, 5.74) is 5.32. The van der Waals surface area contributed by atoms with E-state index >= 15 is 0 Å². The fourth-order valence-corrected chi connectivity index (χ4v) is 3.33. The molecule has 2 amide bonds. The summed E-state index contributed by atoms with van der Waals surface area (Å²) in [6, 6.07) is 0.184. The van der Waals surface area contributed by atoms with Crippen LogP contribution in [0.25, 0.3) is 0 Å². The first-order valence-corrected chi connectivity index (χ1v) is 8.15. The van der Waals surface area contributed by atoms with Gasteiger partial charge in [-0.3, -0.25) is 9.59 Å². The van der Waals surface area contributed by atoms with Crippen molar-refractivity contribution < 1.29 is 9.59 Å². The molecule has 0 spiro atoms. The van der Waals surface area contributed by atoms with Gasteiger partial charge in [0.2, 0.25) is 17.8 Å². The van der Waals surface area contributed by atoms with Crippen molar-refractivity contribution in [3.05, 3.63) is 16.9 Å². The van der Waals surface area contributed by atoms with Crippen molar-refractivity contribution in [2.45, 2.75) is 25.3 Å². The molecule has 3 rings (SSSR count). The lowest BCUT2D eigenvalue weighted by Crippen LogP contribution is -2.46. The smallest absolute Gasteiger partial charge is 0.225 e. The maximum atomic E-state index is 12.1. The van der Waals surface area contributed by atoms with Gasteiger partial charge in [0.25, 0.3) is 0 Å². The van der Waals surface area contributed by atoms with Crippen molar-refractivity contribution in [3.8, 4) is 0 Å². The minimum Gasteiger partial charge on any atom is -0.369 e. The van der Waals surface area contributed by atoms with Crippen molar-refractivity contribution in [2.24, 2.45) is 11.7 Å². The minimum atomic E-state index is -0.378. The summed E-state index contributed by atoms with van der Waals surface area (Å²) < 4.78 is 0.853. The average Bonchev–Trinajstić information content (AvgIpc) is 2.91. The molecule has 2 N–H and O–H groups in total. The van der Waals surface area contributed by atoms with Crippen molar-refractivity contribution in [3.63, 3.8) is 0 Å². The summed E-state index contributed by atoms with van der Waals surface area (Å²) >= 11 is 3.32. The van der Waals surface area contributed by atoms with Gasteiger partial charge < -0.3 is 15.5 Å². The van der Waals surface area contributed by atoms with Gasteiger partial charge in [-0.2, -0.15) is 0 Å². The maximum absolute atomic E-state index is 12.1. The standard InChI is InChI=1S/C14H18BrN5O2/c15-10-6-17-14(18-7-10)19-3-1-11(2-4-19)20-8-9(13(16)22)5-12(20)21/h6-7,9,11H,1-5,8H2,(H2,16,22). The molecule has 0 aliphatic carbocycles. The first-order valence-electron chi connectivity index (χ1n) is 7.36. The lowest BCUT2D eigenvalue weighted by Gasteiger charge is -2.36. The van der Waals surface area contributed by atoms with Gasteiger partial charge in [-0.15, -0.1) is 0 Å². The second-order valence-corrected chi connectivity index (χ2v) is 6.68. The summed E-state index contributed by atoms with van der Waals surface area (Å²) in [4.78, 5) is 35.9. The van der Waals surface area contributed by atoms with E-state index in [1.54, 1.807) is 12.4 Å². The summed E-state index contributed by atoms with van der Waals surface area (Å²) in [6.07, 6.45) is 5.43. The number of primary amides is 1. The van der Waals surface area contributed by atoms with Gasteiger partial charge in [0.15, 0.2) is 0 Å². The second-order valence-electron chi connectivity index (χ2n) is 5.77. The number of nitrogens with two attached hydrogens (primary N) is 1. The molecule has 0 aromatic carbocycles. The van der Waals surface area contributed by atoms with E-state index in [2.05, 4.69) is 30.8 Å². The molecule has 1 unspecified atom stereocenters. The Morgan fingerprint density at radius 2 is 1.91 bits per heavy atom. The molecule has 1 aromatic rings. The van der Waals surface area contributed by atoms with E-state index in [0.29, 0.717) is 12.5 Å². The summed E-state index contributed by atoms with van der Waals surface area (Å²) in [6.45, 7) is 2.07. The molecule has 0 bridgehead atoms. The van der Waals surface area contributed by atoms with E-state index in [1.165, 1.54) is 0 Å². The number of halogens is 1. The Balaban J connectivity index is 1.59. The number of likely N-dealkylation sites (tertiary alicyclic amines) is 1. The van der Waals surface area contributed by atoms with Gasteiger partial charge in [0.05, 0.1) is 10.4 Å². The number of anilines is 1. The quantitative estimate of drug-likeness (QED) is 0.841. The van der Waals surface area contributed by atoms with Gasteiger partial charge in [-0.25, -0.2) is 9.97 Å². The second kappa shape index (κ2) is 6.20. The molecule has 22 heavy (non-hydrogen) atoms. The van der Waals surface area contributed by atoms with Gasteiger partial charge in [0, 0.05) is 44.5 Å². The number of hydrogen-bond acceptors (Lipinski definition) is 5. The van der Waals surface area contributed by atoms with Crippen LogP contribution < -0.4 is 10.6 Å². The van der Waals surface area contributed by atoms with Crippen LogP contribution in [0.2, 0.25) is 0 Å². The Kier molecular flexibility index (Phi) is 4.28. The third kappa shape index (κ3) is 3.06. The molecule has 1 aromatic heterocycles. The molecular weight excluding hydrogens is 350 g/mol. The summed E-state index contributed by atoms with van der Waals surface area (Å²) in [5.74, 6) is 0.0448. The van der Waals surface area contributed by atoms with Crippen molar-refractivity contribution >= 4 is 33.7 Å². The predicted molar refractivity (Wildman–Crippen MR) is 84.0 cm³/mol. The maximum Gasteiger partial charge on any atom is 0.225 e. The van der Waals surface area contributed by atoms with E-state index in [1.807, 2.05) is 4.90 Å². The van der Waals surface area contributed by atoms with Crippen LogP contribution in [-0.4, -0.2) is 52.4 Å². The van der Waals surface area contributed by atoms with Crippen molar-refractivity contribution in [1.82, 2.24) is 14.9 Å². The Bertz CT molecular complexity index is 571.